The average Bonchev–Trinajstić information content (AvgIpc) is 3.46. The lowest BCUT2D eigenvalue weighted by Gasteiger charge is -2.37. The van der Waals surface area contributed by atoms with Gasteiger partial charge in [-0.1, -0.05) is 91.0 Å². The van der Waals surface area contributed by atoms with Crippen molar-refractivity contribution >= 4 is 11.9 Å². The lowest BCUT2D eigenvalue weighted by atomic mass is 9.77. The molecule has 1 fully saturated rings. The summed E-state index contributed by atoms with van der Waals surface area (Å²) in [6.45, 7) is 0. The number of carbonyl (C=O) groups is 2. The number of aliphatic carboxylic acids is 1. The van der Waals surface area contributed by atoms with Gasteiger partial charge in [-0.3, -0.25) is 9.59 Å². The number of nitrogens with zero attached hydrogens (tertiary/aromatic N) is 2. The zero-order valence-electron chi connectivity index (χ0n) is 18.6. The van der Waals surface area contributed by atoms with Gasteiger partial charge < -0.3 is 14.4 Å². The molecule has 6 nitrogen and oxygen atoms in total. The summed E-state index contributed by atoms with van der Waals surface area (Å²) in [5, 5.41) is 9.66. The maximum atomic E-state index is 12.2. The number of carboxylic acid groups (broad SMARTS) is 1. The van der Waals surface area contributed by atoms with E-state index in [9.17, 15) is 14.7 Å². The third-order valence-corrected chi connectivity index (χ3v) is 6.68. The van der Waals surface area contributed by atoms with Crippen LogP contribution >= 0.6 is 0 Å². The van der Waals surface area contributed by atoms with E-state index in [0.29, 0.717) is 5.69 Å². The summed E-state index contributed by atoms with van der Waals surface area (Å²) in [6, 6.07) is 30.4. The van der Waals surface area contributed by atoms with Gasteiger partial charge in [-0.05, 0) is 16.7 Å². The Morgan fingerprint density at radius 1 is 0.824 bits per heavy atom. The van der Waals surface area contributed by atoms with Crippen LogP contribution in [0.1, 0.15) is 28.3 Å². The number of methoxy groups -OCH3 is 1. The molecule has 3 atom stereocenters. The number of benzene rings is 3. The molecule has 0 saturated heterocycles. The molecule has 0 amide bonds. The highest BCUT2D eigenvalue weighted by molar-refractivity contribution is 5.89. The number of rotatable bonds is 7. The molecule has 1 unspecified atom stereocenters. The first-order valence-corrected chi connectivity index (χ1v) is 11.1. The minimum absolute atomic E-state index is 0.521. The Hall–Kier alpha value is -4.19. The fourth-order valence-corrected chi connectivity index (χ4v) is 5.09. The van der Waals surface area contributed by atoms with Crippen LogP contribution in [0.4, 0.5) is 0 Å². The van der Waals surface area contributed by atoms with Gasteiger partial charge in [0.15, 0.2) is 0 Å². The molecule has 0 spiro atoms. The molecule has 5 rings (SSSR count). The molecule has 6 heteroatoms. The quantitative estimate of drug-likeness (QED) is 0.334. The third kappa shape index (κ3) is 3.39. The smallest absolute Gasteiger partial charge is 0.310 e. The van der Waals surface area contributed by atoms with Crippen molar-refractivity contribution in [2.75, 3.05) is 7.11 Å². The molecule has 0 radical (unpaired) electrons. The molecular weight excluding hydrogens is 428 g/mol. The average molecular weight is 453 g/mol. The van der Waals surface area contributed by atoms with Crippen LogP contribution in [0, 0.1) is 11.8 Å². The van der Waals surface area contributed by atoms with E-state index >= 15 is 0 Å². The second-order valence-corrected chi connectivity index (χ2v) is 8.45. The molecule has 1 aliphatic rings. The van der Waals surface area contributed by atoms with Crippen molar-refractivity contribution in [1.82, 2.24) is 9.55 Å². The molecule has 170 valence electrons. The van der Waals surface area contributed by atoms with Gasteiger partial charge in [0.1, 0.15) is 5.54 Å². The highest BCUT2D eigenvalue weighted by atomic mass is 16.5. The van der Waals surface area contributed by atoms with Crippen molar-refractivity contribution in [3.8, 4) is 0 Å². The van der Waals surface area contributed by atoms with Crippen LogP contribution in [-0.2, 0) is 19.9 Å². The Labute approximate surface area is 197 Å². The van der Waals surface area contributed by atoms with Gasteiger partial charge in [-0.15, -0.1) is 0 Å². The number of carboxylic acids is 1. The second kappa shape index (κ2) is 8.63. The van der Waals surface area contributed by atoms with E-state index in [1.807, 2.05) is 65.4 Å². The van der Waals surface area contributed by atoms with Gasteiger partial charge in [0.2, 0.25) is 0 Å². The predicted octanol–water partition coefficient (Wildman–Crippen LogP) is 4.31. The minimum atomic E-state index is -1.02. The first-order chi connectivity index (χ1) is 16.6. The van der Waals surface area contributed by atoms with Gasteiger partial charge in [0, 0.05) is 12.1 Å². The predicted molar refractivity (Wildman–Crippen MR) is 126 cm³/mol. The maximum absolute atomic E-state index is 12.2. The fraction of sp³-hybridized carbons (Fsp3) is 0.179. The fourth-order valence-electron chi connectivity index (χ4n) is 5.09. The van der Waals surface area contributed by atoms with E-state index in [1.165, 1.54) is 7.11 Å². The van der Waals surface area contributed by atoms with Gasteiger partial charge in [0.25, 0.3) is 0 Å². The number of imidazole rings is 1. The number of aromatic nitrogens is 2. The van der Waals surface area contributed by atoms with Crippen LogP contribution in [0.2, 0.25) is 0 Å². The Balaban J connectivity index is 1.72. The minimum Gasteiger partial charge on any atom is -0.481 e. The normalized spacial score (nSPS) is 19.4. The van der Waals surface area contributed by atoms with Crippen LogP contribution in [0.5, 0.6) is 0 Å². The summed E-state index contributed by atoms with van der Waals surface area (Å²) in [6.07, 6.45) is 3.60. The first kappa shape index (κ1) is 21.6. The van der Waals surface area contributed by atoms with Crippen LogP contribution < -0.4 is 0 Å². The molecule has 4 aromatic rings. The summed E-state index contributed by atoms with van der Waals surface area (Å²) in [5.41, 5.74) is 2.92. The molecule has 3 aromatic carbocycles. The molecule has 1 aliphatic carbocycles. The molecule has 1 saturated carbocycles. The lowest BCUT2D eigenvalue weighted by Crippen LogP contribution is -2.36. The van der Waals surface area contributed by atoms with E-state index < -0.39 is 35.2 Å². The van der Waals surface area contributed by atoms with Gasteiger partial charge in [0.05, 0.1) is 31.0 Å². The zero-order valence-corrected chi connectivity index (χ0v) is 18.6. The summed E-state index contributed by atoms with van der Waals surface area (Å²) >= 11 is 0. The topological polar surface area (TPSA) is 81.4 Å². The first-order valence-electron chi connectivity index (χ1n) is 11.1. The van der Waals surface area contributed by atoms with Crippen molar-refractivity contribution in [2.45, 2.75) is 11.5 Å². The maximum Gasteiger partial charge on any atom is 0.310 e. The molecular formula is C28H24N2O4. The number of hydrogen-bond donors (Lipinski definition) is 1. The molecule has 0 bridgehead atoms. The summed E-state index contributed by atoms with van der Waals surface area (Å²) in [7, 11) is 1.28. The molecule has 0 aliphatic heterocycles. The van der Waals surface area contributed by atoms with Crippen LogP contribution in [0.15, 0.2) is 104 Å². The van der Waals surface area contributed by atoms with Gasteiger partial charge in [-0.25, -0.2) is 4.98 Å². The van der Waals surface area contributed by atoms with Crippen LogP contribution in [0.25, 0.3) is 0 Å². The Kier molecular flexibility index (Phi) is 5.49. The Morgan fingerprint density at radius 2 is 1.29 bits per heavy atom. The van der Waals surface area contributed by atoms with Crippen molar-refractivity contribution in [2.24, 2.45) is 11.8 Å². The molecule has 34 heavy (non-hydrogen) atoms. The van der Waals surface area contributed by atoms with Crippen molar-refractivity contribution in [1.29, 1.82) is 0 Å². The molecule has 1 N–H and O–H groups in total. The van der Waals surface area contributed by atoms with E-state index in [2.05, 4.69) is 41.4 Å². The van der Waals surface area contributed by atoms with Crippen LogP contribution in [-0.4, -0.2) is 33.7 Å². The van der Waals surface area contributed by atoms with Crippen molar-refractivity contribution in [3.63, 3.8) is 0 Å². The lowest BCUT2D eigenvalue weighted by molar-refractivity contribution is -0.146. The van der Waals surface area contributed by atoms with E-state index in [0.717, 1.165) is 16.7 Å². The highest BCUT2D eigenvalue weighted by Gasteiger charge is 2.62. The Bertz CT molecular complexity index is 1210. The molecule has 1 aromatic heterocycles. The summed E-state index contributed by atoms with van der Waals surface area (Å²) < 4.78 is 6.87. The van der Waals surface area contributed by atoms with E-state index in [4.69, 9.17) is 4.74 Å². The number of carbonyl (C=O) groups excluding carboxylic acids is 1. The standard InChI is InChI=1S/C28H24N2O4/c1-34-27(33)25-23(24(25)26(31)32)22-17-30(18-29-22)28(19-11-5-2-6-12-19,20-13-7-3-8-14-20)21-15-9-4-10-16-21/h2-18,23-25H,1H3,(H,31,32)/t23?,24-,25-/m0/s1. The second-order valence-electron chi connectivity index (χ2n) is 8.45. The SMILES string of the molecule is COC(=O)[C@H]1C(c2cn(C(c3ccccc3)(c3ccccc3)c3ccccc3)cn2)[C@@H]1C(=O)O. The van der Waals surface area contributed by atoms with Crippen LogP contribution in [0.3, 0.4) is 0 Å². The zero-order chi connectivity index (χ0) is 23.7. The number of hydrogen-bond acceptors (Lipinski definition) is 4. The van der Waals surface area contributed by atoms with E-state index in [1.54, 1.807) is 6.33 Å². The number of esters is 1. The van der Waals surface area contributed by atoms with Gasteiger partial charge in [-0.2, -0.15) is 0 Å². The van der Waals surface area contributed by atoms with Gasteiger partial charge >= 0.3 is 11.9 Å². The van der Waals surface area contributed by atoms with E-state index in [-0.39, 0.29) is 0 Å². The molecule has 1 heterocycles. The Morgan fingerprint density at radius 3 is 1.71 bits per heavy atom. The van der Waals surface area contributed by atoms with Crippen molar-refractivity contribution in [3.05, 3.63) is 126 Å². The van der Waals surface area contributed by atoms with Crippen molar-refractivity contribution < 1.29 is 19.4 Å². The highest BCUT2D eigenvalue weighted by Crippen LogP contribution is 2.54. The largest absolute Gasteiger partial charge is 0.481 e. The summed E-state index contributed by atoms with van der Waals surface area (Å²) in [5.74, 6) is -3.63. The third-order valence-electron chi connectivity index (χ3n) is 6.68. The monoisotopic (exact) mass is 452 g/mol. The number of ether oxygens (including phenoxy) is 1. The summed E-state index contributed by atoms with van der Waals surface area (Å²) in [4.78, 5) is 28.6.